The Morgan fingerprint density at radius 1 is 1.28 bits per heavy atom. The van der Waals surface area contributed by atoms with Crippen LogP contribution in [0.25, 0.3) is 10.9 Å². The molecule has 1 atom stereocenters. The number of carbonyl (C=O) groups excluding carboxylic acids is 1. The minimum absolute atomic E-state index is 0.126. The number of para-hydroxylation sites is 1. The minimum atomic E-state index is -0.126. The monoisotopic (exact) mass is 336 g/mol. The van der Waals surface area contributed by atoms with Gasteiger partial charge in [-0.1, -0.05) is 18.2 Å². The molecule has 1 unspecified atom stereocenters. The minimum Gasteiger partial charge on any atom is -0.361 e. The van der Waals surface area contributed by atoms with Crippen LogP contribution in [0.4, 0.5) is 0 Å². The number of aromatic amines is 1. The number of hydrogen-bond donors (Lipinski definition) is 1. The molecule has 2 fully saturated rings. The van der Waals surface area contributed by atoms with E-state index in [0.29, 0.717) is 19.0 Å². The Morgan fingerprint density at radius 2 is 2.12 bits per heavy atom. The highest BCUT2D eigenvalue weighted by Crippen LogP contribution is 2.30. The van der Waals surface area contributed by atoms with Crippen LogP contribution in [0.5, 0.6) is 0 Å². The first-order valence-corrected chi connectivity index (χ1v) is 9.24. The van der Waals surface area contributed by atoms with Gasteiger partial charge in [0.1, 0.15) is 6.04 Å². The molecule has 1 saturated heterocycles. The lowest BCUT2D eigenvalue weighted by atomic mass is 10.1. The zero-order chi connectivity index (χ0) is 17.2. The van der Waals surface area contributed by atoms with Crippen molar-refractivity contribution in [1.29, 1.82) is 5.26 Å². The van der Waals surface area contributed by atoms with Gasteiger partial charge in [0.15, 0.2) is 0 Å². The predicted octanol–water partition coefficient (Wildman–Crippen LogP) is 2.69. The summed E-state index contributed by atoms with van der Waals surface area (Å²) in [5, 5.41) is 10.7. The first-order chi connectivity index (χ1) is 12.3. The van der Waals surface area contributed by atoms with Crippen molar-refractivity contribution in [1.82, 2.24) is 14.8 Å². The van der Waals surface area contributed by atoms with Crippen LogP contribution in [0.2, 0.25) is 0 Å². The lowest BCUT2D eigenvalue weighted by Gasteiger charge is -2.38. The summed E-state index contributed by atoms with van der Waals surface area (Å²) in [5.41, 5.74) is 2.42. The molecule has 130 valence electrons. The van der Waals surface area contributed by atoms with Crippen molar-refractivity contribution in [2.24, 2.45) is 0 Å². The van der Waals surface area contributed by atoms with Gasteiger partial charge in [0.05, 0.1) is 6.07 Å². The Morgan fingerprint density at radius 3 is 2.92 bits per heavy atom. The smallest absolute Gasteiger partial charge is 0.222 e. The normalized spacial score (nSPS) is 21.4. The highest BCUT2D eigenvalue weighted by molar-refractivity contribution is 5.83. The van der Waals surface area contributed by atoms with Crippen molar-refractivity contribution in [2.45, 2.75) is 44.2 Å². The van der Waals surface area contributed by atoms with Crippen molar-refractivity contribution < 1.29 is 4.79 Å². The van der Waals surface area contributed by atoms with Gasteiger partial charge in [0.25, 0.3) is 0 Å². The Hall–Kier alpha value is -2.32. The second kappa shape index (κ2) is 6.89. The Labute approximate surface area is 148 Å². The average Bonchev–Trinajstić information content (AvgIpc) is 3.42. The maximum Gasteiger partial charge on any atom is 0.222 e. The van der Waals surface area contributed by atoms with E-state index in [-0.39, 0.29) is 11.9 Å². The second-order valence-electron chi connectivity index (χ2n) is 7.17. The van der Waals surface area contributed by atoms with E-state index in [1.807, 2.05) is 17.0 Å². The van der Waals surface area contributed by atoms with E-state index in [2.05, 4.69) is 34.3 Å². The Kier molecular flexibility index (Phi) is 4.46. The molecule has 1 saturated carbocycles. The number of hydrogen-bond acceptors (Lipinski definition) is 3. The molecule has 2 heterocycles. The number of fused-ring (bicyclic) bond motifs is 1. The van der Waals surface area contributed by atoms with Gasteiger partial charge in [-0.2, -0.15) is 5.26 Å². The number of aryl methyl sites for hydroxylation is 1. The SMILES string of the molecule is N#CC1CN(C(=O)CCCc2c[nH]c3ccccc23)CCN1C1CC1. The molecule has 1 aliphatic heterocycles. The van der Waals surface area contributed by atoms with E-state index in [1.54, 1.807) is 0 Å². The van der Waals surface area contributed by atoms with Crippen molar-refractivity contribution in [2.75, 3.05) is 19.6 Å². The molecule has 5 heteroatoms. The van der Waals surface area contributed by atoms with Gasteiger partial charge in [-0.25, -0.2) is 0 Å². The molecule has 4 rings (SSSR count). The number of nitrogens with one attached hydrogen (secondary N) is 1. The van der Waals surface area contributed by atoms with E-state index in [9.17, 15) is 10.1 Å². The fraction of sp³-hybridized carbons (Fsp3) is 0.500. The van der Waals surface area contributed by atoms with Crippen LogP contribution in [-0.4, -0.2) is 52.4 Å². The van der Waals surface area contributed by atoms with Gasteiger partial charge < -0.3 is 9.88 Å². The van der Waals surface area contributed by atoms with Gasteiger partial charge in [-0.05, 0) is 37.3 Å². The summed E-state index contributed by atoms with van der Waals surface area (Å²) in [7, 11) is 0. The molecule has 2 aliphatic rings. The van der Waals surface area contributed by atoms with Gasteiger partial charge in [-0.3, -0.25) is 9.69 Å². The maximum atomic E-state index is 12.5. The molecule has 1 aromatic heterocycles. The van der Waals surface area contributed by atoms with E-state index in [1.165, 1.54) is 23.8 Å². The van der Waals surface area contributed by atoms with Crippen molar-refractivity contribution in [3.63, 3.8) is 0 Å². The summed E-state index contributed by atoms with van der Waals surface area (Å²) in [6.07, 6.45) is 6.77. The molecule has 1 aliphatic carbocycles. The first-order valence-electron chi connectivity index (χ1n) is 9.24. The lowest BCUT2D eigenvalue weighted by molar-refractivity contribution is -0.133. The Bertz CT molecular complexity index is 801. The quantitative estimate of drug-likeness (QED) is 0.913. The predicted molar refractivity (Wildman–Crippen MR) is 96.9 cm³/mol. The largest absolute Gasteiger partial charge is 0.361 e. The van der Waals surface area contributed by atoms with E-state index < -0.39 is 0 Å². The zero-order valence-electron chi connectivity index (χ0n) is 14.4. The van der Waals surface area contributed by atoms with E-state index >= 15 is 0 Å². The Balaban J connectivity index is 1.30. The third-order valence-electron chi connectivity index (χ3n) is 5.45. The summed E-state index contributed by atoms with van der Waals surface area (Å²) in [4.78, 5) is 20.0. The summed E-state index contributed by atoms with van der Waals surface area (Å²) < 4.78 is 0. The summed E-state index contributed by atoms with van der Waals surface area (Å²) in [5.74, 6) is 0.190. The maximum absolute atomic E-state index is 12.5. The van der Waals surface area contributed by atoms with Crippen molar-refractivity contribution in [3.05, 3.63) is 36.0 Å². The van der Waals surface area contributed by atoms with Crippen LogP contribution in [0.15, 0.2) is 30.5 Å². The molecule has 5 nitrogen and oxygen atoms in total. The number of piperazine rings is 1. The number of amides is 1. The molecule has 1 N–H and O–H groups in total. The molecule has 0 spiro atoms. The number of nitriles is 1. The van der Waals surface area contributed by atoms with E-state index in [0.717, 1.165) is 31.4 Å². The molecule has 1 amide bonds. The summed E-state index contributed by atoms with van der Waals surface area (Å²) in [6, 6.07) is 11.1. The number of H-pyrrole nitrogens is 1. The molecular weight excluding hydrogens is 312 g/mol. The molecular formula is C20H24N4O. The third kappa shape index (κ3) is 3.40. The van der Waals surface area contributed by atoms with Crippen molar-refractivity contribution in [3.8, 4) is 6.07 Å². The number of benzene rings is 1. The standard InChI is InChI=1S/C20H24N4O/c21-12-17-14-23(10-11-24(17)16-8-9-16)20(25)7-3-4-15-13-22-19-6-2-1-5-18(15)19/h1-2,5-6,13,16-17,22H,3-4,7-11,14H2. The average molecular weight is 336 g/mol. The van der Waals surface area contributed by atoms with Crippen LogP contribution in [0.3, 0.4) is 0 Å². The fourth-order valence-electron chi connectivity index (χ4n) is 3.91. The van der Waals surface area contributed by atoms with E-state index in [4.69, 9.17) is 0 Å². The van der Waals surface area contributed by atoms with Gasteiger partial charge in [0, 0.05) is 49.2 Å². The molecule has 2 aromatic rings. The van der Waals surface area contributed by atoms with Crippen LogP contribution in [0, 0.1) is 11.3 Å². The topological polar surface area (TPSA) is 63.1 Å². The highest BCUT2D eigenvalue weighted by Gasteiger charge is 2.38. The molecule has 0 radical (unpaired) electrons. The van der Waals surface area contributed by atoms with Crippen LogP contribution in [-0.2, 0) is 11.2 Å². The first kappa shape index (κ1) is 16.2. The zero-order valence-corrected chi connectivity index (χ0v) is 14.4. The molecule has 1 aromatic carbocycles. The van der Waals surface area contributed by atoms with Crippen LogP contribution in [0.1, 0.15) is 31.2 Å². The number of carbonyl (C=O) groups is 1. The molecule has 25 heavy (non-hydrogen) atoms. The summed E-state index contributed by atoms with van der Waals surface area (Å²) in [6.45, 7) is 2.18. The number of rotatable bonds is 5. The molecule has 0 bridgehead atoms. The van der Waals surface area contributed by atoms with Crippen molar-refractivity contribution >= 4 is 16.8 Å². The fourth-order valence-corrected chi connectivity index (χ4v) is 3.91. The van der Waals surface area contributed by atoms with Crippen LogP contribution >= 0.6 is 0 Å². The summed E-state index contributed by atoms with van der Waals surface area (Å²) >= 11 is 0. The van der Waals surface area contributed by atoms with Gasteiger partial charge >= 0.3 is 0 Å². The van der Waals surface area contributed by atoms with Gasteiger partial charge in [0.2, 0.25) is 5.91 Å². The van der Waals surface area contributed by atoms with Crippen LogP contribution < -0.4 is 0 Å². The second-order valence-corrected chi connectivity index (χ2v) is 7.17. The highest BCUT2D eigenvalue weighted by atomic mass is 16.2. The number of nitrogens with zero attached hydrogens (tertiary/aromatic N) is 3. The lowest BCUT2D eigenvalue weighted by Crippen LogP contribution is -2.54. The third-order valence-corrected chi connectivity index (χ3v) is 5.45. The van der Waals surface area contributed by atoms with Gasteiger partial charge in [-0.15, -0.1) is 0 Å². The number of aromatic nitrogens is 1.